The maximum Gasteiger partial charge on any atom is 0.334 e. The summed E-state index contributed by atoms with van der Waals surface area (Å²) < 4.78 is 11.2. The summed E-state index contributed by atoms with van der Waals surface area (Å²) in [6.07, 6.45) is 3.42. The van der Waals surface area contributed by atoms with E-state index in [-0.39, 0.29) is 23.7 Å². The molecule has 0 saturated carbocycles. The summed E-state index contributed by atoms with van der Waals surface area (Å²) >= 11 is 0. The second-order valence-electron chi connectivity index (χ2n) is 6.13. The summed E-state index contributed by atoms with van der Waals surface area (Å²) in [7, 11) is 0. The van der Waals surface area contributed by atoms with Gasteiger partial charge in [0.1, 0.15) is 12.2 Å². The summed E-state index contributed by atoms with van der Waals surface area (Å²) in [5.41, 5.74) is 1.28. The Labute approximate surface area is 113 Å². The molecule has 0 amide bonds. The van der Waals surface area contributed by atoms with Gasteiger partial charge in [-0.3, -0.25) is 0 Å². The van der Waals surface area contributed by atoms with Gasteiger partial charge >= 0.3 is 5.97 Å². The molecule has 19 heavy (non-hydrogen) atoms. The number of hydrogen-bond acceptors (Lipinski definition) is 4. The van der Waals surface area contributed by atoms with Gasteiger partial charge in [0.2, 0.25) is 0 Å². The van der Waals surface area contributed by atoms with Crippen LogP contribution >= 0.6 is 0 Å². The van der Waals surface area contributed by atoms with Gasteiger partial charge in [0, 0.05) is 5.57 Å². The molecule has 5 atom stereocenters. The molecule has 4 nitrogen and oxygen atoms in total. The molecule has 1 aliphatic carbocycles. The zero-order valence-corrected chi connectivity index (χ0v) is 11.4. The van der Waals surface area contributed by atoms with E-state index >= 15 is 0 Å². The Balaban J connectivity index is 1.93. The molecular formula is C15H20O4. The molecule has 2 heterocycles. The van der Waals surface area contributed by atoms with Crippen molar-refractivity contribution in [1.82, 2.24) is 0 Å². The van der Waals surface area contributed by atoms with E-state index in [4.69, 9.17) is 9.47 Å². The highest BCUT2D eigenvalue weighted by Gasteiger charge is 2.62. The fourth-order valence-electron chi connectivity index (χ4n) is 3.33. The molecule has 0 bridgehead atoms. The fourth-order valence-corrected chi connectivity index (χ4v) is 3.33. The van der Waals surface area contributed by atoms with E-state index in [1.807, 2.05) is 13.8 Å². The standard InChI is InChI=1S/C15H20O4/c1-8-5-4-6-15(3)13(19-15)12-11(10(16)7-8)9(2)14(17)18-12/h5,10-13,16H,2,4,6-7H2,1,3H3/b8-5-/t10-,11+,12-,13+,15+/m0/s1. The van der Waals surface area contributed by atoms with E-state index in [0.29, 0.717) is 12.0 Å². The van der Waals surface area contributed by atoms with E-state index in [1.165, 1.54) is 0 Å². The minimum atomic E-state index is -0.633. The van der Waals surface area contributed by atoms with E-state index in [0.717, 1.165) is 18.4 Å². The number of carbonyl (C=O) groups is 1. The van der Waals surface area contributed by atoms with Crippen LogP contribution in [0.5, 0.6) is 0 Å². The van der Waals surface area contributed by atoms with Gasteiger partial charge in [-0.15, -0.1) is 0 Å². The van der Waals surface area contributed by atoms with Crippen LogP contribution in [0.2, 0.25) is 0 Å². The van der Waals surface area contributed by atoms with E-state index < -0.39 is 12.1 Å². The van der Waals surface area contributed by atoms with Crippen LogP contribution in [-0.2, 0) is 14.3 Å². The molecular weight excluding hydrogens is 244 g/mol. The molecule has 0 spiro atoms. The van der Waals surface area contributed by atoms with E-state index in [9.17, 15) is 9.90 Å². The minimum Gasteiger partial charge on any atom is -0.455 e. The molecule has 1 N–H and O–H groups in total. The van der Waals surface area contributed by atoms with Gasteiger partial charge in [0.25, 0.3) is 0 Å². The third-order valence-electron chi connectivity index (χ3n) is 4.58. The highest BCUT2D eigenvalue weighted by molar-refractivity contribution is 5.91. The number of ether oxygens (including phenoxy) is 2. The molecule has 0 radical (unpaired) electrons. The summed E-state index contributed by atoms with van der Waals surface area (Å²) in [6, 6.07) is 0. The Kier molecular flexibility index (Phi) is 2.84. The Morgan fingerprint density at radius 2 is 2.26 bits per heavy atom. The molecule has 0 unspecified atom stereocenters. The number of esters is 1. The molecule has 4 heteroatoms. The van der Waals surface area contributed by atoms with E-state index in [2.05, 4.69) is 12.7 Å². The van der Waals surface area contributed by atoms with Crippen LogP contribution in [0.15, 0.2) is 23.8 Å². The lowest BCUT2D eigenvalue weighted by atomic mass is 9.82. The number of epoxide rings is 1. The first-order valence-corrected chi connectivity index (χ1v) is 6.84. The second-order valence-corrected chi connectivity index (χ2v) is 6.13. The zero-order chi connectivity index (χ0) is 13.8. The van der Waals surface area contributed by atoms with Crippen LogP contribution in [0.25, 0.3) is 0 Å². The zero-order valence-electron chi connectivity index (χ0n) is 11.4. The topological polar surface area (TPSA) is 59.1 Å². The number of carbonyl (C=O) groups excluding carboxylic acids is 1. The van der Waals surface area contributed by atoms with Gasteiger partial charge in [0.05, 0.1) is 17.6 Å². The Hall–Kier alpha value is -1.13. The fraction of sp³-hybridized carbons (Fsp3) is 0.667. The predicted octanol–water partition coefficient (Wildman–Crippen LogP) is 1.73. The average molecular weight is 264 g/mol. The predicted molar refractivity (Wildman–Crippen MR) is 69.4 cm³/mol. The number of hydrogen-bond donors (Lipinski definition) is 1. The van der Waals surface area contributed by atoms with Crippen molar-refractivity contribution in [3.8, 4) is 0 Å². The van der Waals surface area contributed by atoms with Crippen molar-refractivity contribution in [2.75, 3.05) is 0 Å². The Bertz CT molecular complexity index is 467. The molecule has 0 aromatic carbocycles. The van der Waals surface area contributed by atoms with Gasteiger partial charge in [-0.05, 0) is 33.1 Å². The summed E-state index contributed by atoms with van der Waals surface area (Å²) in [5, 5.41) is 10.4. The largest absolute Gasteiger partial charge is 0.455 e. The third-order valence-corrected chi connectivity index (χ3v) is 4.58. The number of allylic oxidation sites excluding steroid dienone is 1. The SMILES string of the molecule is C=C1C(=O)O[C@H]2[C@H]1[C@@H](O)C/C(C)=C\CC[C@@]1(C)O[C@H]21. The van der Waals surface area contributed by atoms with Gasteiger partial charge in [-0.2, -0.15) is 0 Å². The molecule has 0 aromatic rings. The summed E-state index contributed by atoms with van der Waals surface area (Å²) in [4.78, 5) is 11.7. The van der Waals surface area contributed by atoms with Crippen LogP contribution < -0.4 is 0 Å². The lowest BCUT2D eigenvalue weighted by molar-refractivity contribution is -0.140. The molecule has 3 aliphatic rings. The highest BCUT2D eigenvalue weighted by atomic mass is 16.6. The van der Waals surface area contributed by atoms with Crippen molar-refractivity contribution >= 4 is 5.97 Å². The lowest BCUT2D eigenvalue weighted by Crippen LogP contribution is -2.35. The number of aliphatic hydroxyl groups is 1. The monoisotopic (exact) mass is 264 g/mol. The van der Waals surface area contributed by atoms with Crippen LogP contribution in [0, 0.1) is 5.92 Å². The van der Waals surface area contributed by atoms with Crippen molar-refractivity contribution in [1.29, 1.82) is 0 Å². The molecule has 3 rings (SSSR count). The van der Waals surface area contributed by atoms with Gasteiger partial charge in [0.15, 0.2) is 0 Å². The summed E-state index contributed by atoms with van der Waals surface area (Å²) in [6.45, 7) is 7.84. The van der Waals surface area contributed by atoms with E-state index in [1.54, 1.807) is 0 Å². The first-order valence-electron chi connectivity index (χ1n) is 6.84. The van der Waals surface area contributed by atoms with Crippen molar-refractivity contribution in [3.63, 3.8) is 0 Å². The lowest BCUT2D eigenvalue weighted by Gasteiger charge is -2.24. The van der Waals surface area contributed by atoms with Crippen molar-refractivity contribution in [2.24, 2.45) is 5.92 Å². The van der Waals surface area contributed by atoms with Gasteiger partial charge in [-0.1, -0.05) is 18.2 Å². The Morgan fingerprint density at radius 1 is 1.53 bits per heavy atom. The highest BCUT2D eigenvalue weighted by Crippen LogP contribution is 2.49. The molecule has 2 saturated heterocycles. The van der Waals surface area contributed by atoms with Crippen LogP contribution in [-0.4, -0.2) is 35.0 Å². The number of rotatable bonds is 0. The average Bonchev–Trinajstić information content (AvgIpc) is 2.89. The van der Waals surface area contributed by atoms with Crippen LogP contribution in [0.1, 0.15) is 33.1 Å². The van der Waals surface area contributed by atoms with Crippen molar-refractivity contribution in [2.45, 2.75) is 57.0 Å². The molecule has 104 valence electrons. The third kappa shape index (κ3) is 2.03. The van der Waals surface area contributed by atoms with Crippen molar-refractivity contribution in [3.05, 3.63) is 23.8 Å². The maximum absolute atomic E-state index is 11.7. The first-order chi connectivity index (χ1) is 8.92. The molecule has 2 fully saturated rings. The molecule has 0 aromatic heterocycles. The van der Waals surface area contributed by atoms with Crippen LogP contribution in [0.4, 0.5) is 0 Å². The number of fused-ring (bicyclic) bond motifs is 3. The first kappa shape index (κ1) is 12.9. The smallest absolute Gasteiger partial charge is 0.334 e. The van der Waals surface area contributed by atoms with Gasteiger partial charge in [-0.25, -0.2) is 4.79 Å². The van der Waals surface area contributed by atoms with Gasteiger partial charge < -0.3 is 14.6 Å². The number of aliphatic hydroxyl groups excluding tert-OH is 1. The Morgan fingerprint density at radius 3 is 3.00 bits per heavy atom. The minimum absolute atomic E-state index is 0.109. The summed E-state index contributed by atoms with van der Waals surface area (Å²) in [5.74, 6) is -0.742. The quantitative estimate of drug-likeness (QED) is 0.313. The van der Waals surface area contributed by atoms with Crippen molar-refractivity contribution < 1.29 is 19.4 Å². The maximum atomic E-state index is 11.7. The molecule has 2 aliphatic heterocycles. The van der Waals surface area contributed by atoms with Crippen LogP contribution in [0.3, 0.4) is 0 Å². The second kappa shape index (κ2) is 4.18. The normalized spacial score (nSPS) is 48.7.